The predicted molar refractivity (Wildman–Crippen MR) is 83.1 cm³/mol. The molecule has 5 nitrogen and oxygen atoms in total. The first-order chi connectivity index (χ1) is 10.1. The largest absolute Gasteiger partial charge is 0.339 e. The summed E-state index contributed by atoms with van der Waals surface area (Å²) in [4.78, 5) is 8.84. The molecular weight excluding hydrogens is 264 g/mol. The third kappa shape index (κ3) is 4.63. The van der Waals surface area contributed by atoms with Crippen LogP contribution in [0.15, 0.2) is 16.7 Å². The highest BCUT2D eigenvalue weighted by Crippen LogP contribution is 2.18. The van der Waals surface area contributed by atoms with Crippen LogP contribution in [0.4, 0.5) is 0 Å². The van der Waals surface area contributed by atoms with Gasteiger partial charge in [-0.25, -0.2) is 0 Å². The van der Waals surface area contributed by atoms with Crippen LogP contribution in [-0.2, 0) is 6.42 Å². The standard InChI is InChI=1S/C16H24N4O/c1-5-8-17-11(2)6-7-15-19-16(20-21-15)14-9-12(3)18-13(4)10-14/h9-11,17H,5-8H2,1-4H3. The van der Waals surface area contributed by atoms with E-state index in [1.807, 2.05) is 26.0 Å². The second-order valence-corrected chi connectivity index (χ2v) is 5.54. The Balaban J connectivity index is 1.98. The summed E-state index contributed by atoms with van der Waals surface area (Å²) in [5.74, 6) is 1.34. The number of aromatic nitrogens is 3. The fourth-order valence-corrected chi connectivity index (χ4v) is 2.27. The van der Waals surface area contributed by atoms with Crippen molar-refractivity contribution in [2.45, 2.75) is 53.0 Å². The lowest BCUT2D eigenvalue weighted by Crippen LogP contribution is -2.27. The van der Waals surface area contributed by atoms with E-state index < -0.39 is 0 Å². The average Bonchev–Trinajstić information content (AvgIpc) is 2.90. The number of nitrogens with zero attached hydrogens (tertiary/aromatic N) is 3. The Morgan fingerprint density at radius 1 is 1.19 bits per heavy atom. The van der Waals surface area contributed by atoms with Crippen LogP contribution >= 0.6 is 0 Å². The van der Waals surface area contributed by atoms with Crippen molar-refractivity contribution in [3.63, 3.8) is 0 Å². The highest BCUT2D eigenvalue weighted by molar-refractivity contribution is 5.55. The second-order valence-electron chi connectivity index (χ2n) is 5.54. The second kappa shape index (κ2) is 7.31. The van der Waals surface area contributed by atoms with Crippen LogP contribution in [0.2, 0.25) is 0 Å². The molecule has 114 valence electrons. The SMILES string of the molecule is CCCNC(C)CCc1nc(-c2cc(C)nc(C)c2)no1. The first-order valence-corrected chi connectivity index (χ1v) is 7.60. The number of pyridine rings is 1. The molecule has 1 unspecified atom stereocenters. The van der Waals surface area contributed by atoms with E-state index in [1.165, 1.54) is 0 Å². The Labute approximate surface area is 126 Å². The fraction of sp³-hybridized carbons (Fsp3) is 0.562. The monoisotopic (exact) mass is 288 g/mol. The predicted octanol–water partition coefficient (Wildman–Crippen LogP) is 3.07. The highest BCUT2D eigenvalue weighted by Gasteiger charge is 2.11. The molecule has 0 amide bonds. The van der Waals surface area contributed by atoms with Gasteiger partial charge in [-0.05, 0) is 52.3 Å². The third-order valence-electron chi connectivity index (χ3n) is 3.34. The minimum atomic E-state index is 0.464. The molecule has 0 fully saturated rings. The van der Waals surface area contributed by atoms with Gasteiger partial charge in [-0.2, -0.15) is 4.98 Å². The van der Waals surface area contributed by atoms with Gasteiger partial charge >= 0.3 is 0 Å². The molecule has 2 aromatic heterocycles. The summed E-state index contributed by atoms with van der Waals surface area (Å²) >= 11 is 0. The molecule has 2 rings (SSSR count). The summed E-state index contributed by atoms with van der Waals surface area (Å²) in [5.41, 5.74) is 2.90. The van der Waals surface area contributed by atoms with Crippen LogP contribution < -0.4 is 5.32 Å². The van der Waals surface area contributed by atoms with Gasteiger partial charge < -0.3 is 9.84 Å². The Morgan fingerprint density at radius 3 is 2.57 bits per heavy atom. The topological polar surface area (TPSA) is 63.8 Å². The summed E-state index contributed by atoms with van der Waals surface area (Å²) < 4.78 is 5.34. The molecule has 0 radical (unpaired) electrons. The molecule has 0 aliphatic rings. The Hall–Kier alpha value is -1.75. The van der Waals surface area contributed by atoms with Crippen LogP contribution in [0.3, 0.4) is 0 Å². The molecule has 1 N–H and O–H groups in total. The van der Waals surface area contributed by atoms with E-state index in [1.54, 1.807) is 0 Å². The molecule has 0 saturated heterocycles. The van der Waals surface area contributed by atoms with Gasteiger partial charge in [-0.15, -0.1) is 0 Å². The van der Waals surface area contributed by atoms with Gasteiger partial charge in [0.15, 0.2) is 0 Å². The van der Waals surface area contributed by atoms with Crippen molar-refractivity contribution in [3.8, 4) is 11.4 Å². The quantitative estimate of drug-likeness (QED) is 0.848. The van der Waals surface area contributed by atoms with Crippen LogP contribution in [0.25, 0.3) is 11.4 Å². The van der Waals surface area contributed by atoms with Crippen molar-refractivity contribution < 1.29 is 4.52 Å². The Morgan fingerprint density at radius 2 is 1.90 bits per heavy atom. The van der Waals surface area contributed by atoms with E-state index in [-0.39, 0.29) is 0 Å². The summed E-state index contributed by atoms with van der Waals surface area (Å²) in [7, 11) is 0. The minimum Gasteiger partial charge on any atom is -0.339 e. The van der Waals surface area contributed by atoms with Gasteiger partial charge in [-0.1, -0.05) is 12.1 Å². The molecular formula is C16H24N4O. The van der Waals surface area contributed by atoms with Crippen LogP contribution in [0.5, 0.6) is 0 Å². The molecule has 0 spiro atoms. The van der Waals surface area contributed by atoms with Crippen molar-refractivity contribution in [1.82, 2.24) is 20.4 Å². The summed E-state index contributed by atoms with van der Waals surface area (Å²) in [6.45, 7) is 9.34. The molecule has 5 heteroatoms. The number of hydrogen-bond donors (Lipinski definition) is 1. The van der Waals surface area contributed by atoms with Crippen LogP contribution in [0.1, 0.15) is 44.0 Å². The van der Waals surface area contributed by atoms with E-state index in [9.17, 15) is 0 Å². The third-order valence-corrected chi connectivity index (χ3v) is 3.34. The van der Waals surface area contributed by atoms with Crippen molar-refractivity contribution in [1.29, 1.82) is 0 Å². The first kappa shape index (κ1) is 15.6. The number of aryl methyl sites for hydroxylation is 3. The molecule has 0 saturated carbocycles. The Bertz CT molecular complexity index is 559. The molecule has 2 aromatic rings. The van der Waals surface area contributed by atoms with Gasteiger partial charge in [0, 0.05) is 29.4 Å². The number of rotatable bonds is 7. The maximum absolute atomic E-state index is 5.34. The van der Waals surface area contributed by atoms with Crippen molar-refractivity contribution in [2.75, 3.05) is 6.54 Å². The van der Waals surface area contributed by atoms with Crippen molar-refractivity contribution in [3.05, 3.63) is 29.4 Å². The zero-order valence-electron chi connectivity index (χ0n) is 13.3. The van der Waals surface area contributed by atoms with E-state index in [4.69, 9.17) is 4.52 Å². The van der Waals surface area contributed by atoms with E-state index in [0.717, 1.165) is 42.8 Å². The molecule has 1 atom stereocenters. The molecule has 0 aromatic carbocycles. The van der Waals surface area contributed by atoms with E-state index in [2.05, 4.69) is 34.3 Å². The average molecular weight is 288 g/mol. The van der Waals surface area contributed by atoms with Gasteiger partial charge in [-0.3, -0.25) is 4.98 Å². The first-order valence-electron chi connectivity index (χ1n) is 7.60. The smallest absolute Gasteiger partial charge is 0.227 e. The number of hydrogen-bond acceptors (Lipinski definition) is 5. The number of nitrogens with one attached hydrogen (secondary N) is 1. The summed E-state index contributed by atoms with van der Waals surface area (Å²) in [5, 5.41) is 7.53. The van der Waals surface area contributed by atoms with Gasteiger partial charge in [0.2, 0.25) is 11.7 Å². The molecule has 2 heterocycles. The molecule has 0 aliphatic carbocycles. The van der Waals surface area contributed by atoms with E-state index >= 15 is 0 Å². The van der Waals surface area contributed by atoms with Crippen LogP contribution in [-0.4, -0.2) is 27.7 Å². The van der Waals surface area contributed by atoms with Gasteiger partial charge in [0.25, 0.3) is 0 Å². The Kier molecular flexibility index (Phi) is 5.44. The minimum absolute atomic E-state index is 0.464. The van der Waals surface area contributed by atoms with Crippen molar-refractivity contribution in [2.24, 2.45) is 0 Å². The van der Waals surface area contributed by atoms with Crippen LogP contribution in [0, 0.1) is 13.8 Å². The lowest BCUT2D eigenvalue weighted by Gasteiger charge is -2.10. The normalized spacial score (nSPS) is 12.6. The summed E-state index contributed by atoms with van der Waals surface area (Å²) in [6, 6.07) is 4.42. The summed E-state index contributed by atoms with van der Waals surface area (Å²) in [6.07, 6.45) is 2.94. The molecule has 21 heavy (non-hydrogen) atoms. The lowest BCUT2D eigenvalue weighted by atomic mass is 10.1. The van der Waals surface area contributed by atoms with Crippen molar-refractivity contribution >= 4 is 0 Å². The fourth-order valence-electron chi connectivity index (χ4n) is 2.27. The lowest BCUT2D eigenvalue weighted by molar-refractivity contribution is 0.367. The maximum Gasteiger partial charge on any atom is 0.227 e. The van der Waals surface area contributed by atoms with Gasteiger partial charge in [0.05, 0.1) is 0 Å². The highest BCUT2D eigenvalue weighted by atomic mass is 16.5. The zero-order chi connectivity index (χ0) is 15.2. The van der Waals surface area contributed by atoms with Gasteiger partial charge in [0.1, 0.15) is 0 Å². The molecule has 0 bridgehead atoms. The molecule has 0 aliphatic heterocycles. The van der Waals surface area contributed by atoms with E-state index in [0.29, 0.717) is 17.8 Å². The zero-order valence-corrected chi connectivity index (χ0v) is 13.3. The maximum atomic E-state index is 5.34.